The van der Waals surface area contributed by atoms with Crippen LogP contribution in [0.15, 0.2) is 24.5 Å². The van der Waals surface area contributed by atoms with E-state index in [1.807, 2.05) is 38.1 Å². The molecule has 0 aromatic carbocycles. The molecule has 0 saturated heterocycles. The molecule has 0 fully saturated rings. The molecule has 0 saturated carbocycles. The molecule has 2 nitrogen and oxygen atoms in total. The Labute approximate surface area is 72.9 Å². The van der Waals surface area contributed by atoms with Crippen LogP contribution in [0.4, 0.5) is 0 Å². The van der Waals surface area contributed by atoms with Gasteiger partial charge >= 0.3 is 0 Å². The quantitative estimate of drug-likeness (QED) is 0.638. The average Bonchev–Trinajstić information content (AvgIpc) is 2.05. The number of hydrogen-bond acceptors (Lipinski definition) is 2. The van der Waals surface area contributed by atoms with Crippen LogP contribution < -0.4 is 0 Å². The van der Waals surface area contributed by atoms with E-state index in [0.717, 1.165) is 11.4 Å². The van der Waals surface area contributed by atoms with Crippen molar-refractivity contribution in [2.24, 2.45) is 0 Å². The molecule has 0 N–H and O–H groups in total. The molecule has 0 aliphatic heterocycles. The van der Waals surface area contributed by atoms with Crippen molar-refractivity contribution in [2.45, 2.75) is 13.8 Å². The number of nitrogens with zero attached hydrogens (tertiary/aromatic N) is 1. The van der Waals surface area contributed by atoms with Crippen molar-refractivity contribution in [1.82, 2.24) is 4.98 Å². The second-order valence-corrected chi connectivity index (χ2v) is 2.46. The zero-order valence-electron chi connectivity index (χ0n) is 7.45. The smallest absolute Gasteiger partial charge is 0.0850 e. The highest BCUT2D eigenvalue weighted by molar-refractivity contribution is 5.42. The summed E-state index contributed by atoms with van der Waals surface area (Å²) in [7, 11) is 0. The summed E-state index contributed by atoms with van der Waals surface area (Å²) in [5.41, 5.74) is 1.96. The molecule has 64 valence electrons. The van der Waals surface area contributed by atoms with Crippen LogP contribution in [0.25, 0.3) is 6.08 Å². The fourth-order valence-corrected chi connectivity index (χ4v) is 0.871. The lowest BCUT2D eigenvalue weighted by Crippen LogP contribution is -1.84. The first kappa shape index (κ1) is 8.78. The van der Waals surface area contributed by atoms with Crippen molar-refractivity contribution in [3.05, 3.63) is 35.8 Å². The van der Waals surface area contributed by atoms with Crippen LogP contribution in [0.2, 0.25) is 0 Å². The summed E-state index contributed by atoms with van der Waals surface area (Å²) in [6.07, 6.45) is 3.53. The van der Waals surface area contributed by atoms with Gasteiger partial charge in [-0.3, -0.25) is 4.98 Å². The number of rotatable bonds is 3. The molecule has 1 aromatic rings. The van der Waals surface area contributed by atoms with Gasteiger partial charge in [0.1, 0.15) is 0 Å². The van der Waals surface area contributed by atoms with Crippen molar-refractivity contribution >= 4 is 6.08 Å². The van der Waals surface area contributed by atoms with Crippen molar-refractivity contribution < 1.29 is 4.74 Å². The van der Waals surface area contributed by atoms with Gasteiger partial charge in [0.25, 0.3) is 0 Å². The third kappa shape index (κ3) is 2.74. The van der Waals surface area contributed by atoms with Crippen molar-refractivity contribution in [2.75, 3.05) is 6.61 Å². The molecule has 0 spiro atoms. The van der Waals surface area contributed by atoms with Gasteiger partial charge in [-0.2, -0.15) is 0 Å². The summed E-state index contributed by atoms with van der Waals surface area (Å²) in [6.45, 7) is 4.62. The van der Waals surface area contributed by atoms with Crippen LogP contribution in [0, 0.1) is 6.92 Å². The maximum atomic E-state index is 5.06. The van der Waals surface area contributed by atoms with Crippen LogP contribution in [0.1, 0.15) is 18.3 Å². The van der Waals surface area contributed by atoms with Crippen LogP contribution in [0.3, 0.4) is 0 Å². The topological polar surface area (TPSA) is 22.1 Å². The maximum Gasteiger partial charge on any atom is 0.0850 e. The lowest BCUT2D eigenvalue weighted by atomic mass is 10.3. The Morgan fingerprint density at radius 2 is 2.33 bits per heavy atom. The zero-order chi connectivity index (χ0) is 8.81. The Bertz CT molecular complexity index is 268. The first-order valence-corrected chi connectivity index (χ1v) is 4.04. The summed E-state index contributed by atoms with van der Waals surface area (Å²) in [6, 6.07) is 5.90. The van der Waals surface area contributed by atoms with E-state index >= 15 is 0 Å². The third-order valence-corrected chi connectivity index (χ3v) is 1.41. The van der Waals surface area contributed by atoms with Gasteiger partial charge in [0.2, 0.25) is 0 Å². The summed E-state index contributed by atoms with van der Waals surface area (Å²) in [5.74, 6) is 0. The van der Waals surface area contributed by atoms with E-state index in [1.54, 1.807) is 6.26 Å². The van der Waals surface area contributed by atoms with Gasteiger partial charge in [0.15, 0.2) is 0 Å². The first-order chi connectivity index (χ1) is 5.83. The largest absolute Gasteiger partial charge is 0.501 e. The zero-order valence-corrected chi connectivity index (χ0v) is 7.45. The molecule has 12 heavy (non-hydrogen) atoms. The minimum Gasteiger partial charge on any atom is -0.501 e. The molecule has 1 aromatic heterocycles. The lowest BCUT2D eigenvalue weighted by molar-refractivity contribution is 0.272. The lowest BCUT2D eigenvalue weighted by Gasteiger charge is -1.95. The fourth-order valence-electron chi connectivity index (χ4n) is 0.871. The van der Waals surface area contributed by atoms with E-state index in [4.69, 9.17) is 4.74 Å². The highest BCUT2D eigenvalue weighted by Crippen LogP contribution is 1.99. The van der Waals surface area contributed by atoms with E-state index < -0.39 is 0 Å². The summed E-state index contributed by atoms with van der Waals surface area (Å²) in [5, 5.41) is 0. The van der Waals surface area contributed by atoms with Gasteiger partial charge in [-0.25, -0.2) is 0 Å². The second kappa shape index (κ2) is 4.54. The standard InChI is InChI=1S/C10H13NO/c1-3-12-8-7-10-6-4-5-9(2)11-10/h4-8H,3H2,1-2H3/b8-7+. The highest BCUT2D eigenvalue weighted by atomic mass is 16.5. The Morgan fingerprint density at radius 3 is 3.00 bits per heavy atom. The highest BCUT2D eigenvalue weighted by Gasteiger charge is 1.87. The summed E-state index contributed by atoms with van der Waals surface area (Å²) >= 11 is 0. The summed E-state index contributed by atoms with van der Waals surface area (Å²) in [4.78, 5) is 4.28. The molecule has 0 unspecified atom stereocenters. The Hall–Kier alpha value is -1.31. The van der Waals surface area contributed by atoms with Crippen molar-refractivity contribution in [3.63, 3.8) is 0 Å². The SMILES string of the molecule is CCO/C=C/c1cccc(C)n1. The monoisotopic (exact) mass is 163 g/mol. The molecular formula is C10H13NO. The number of hydrogen-bond donors (Lipinski definition) is 0. The van der Waals surface area contributed by atoms with Crippen LogP contribution >= 0.6 is 0 Å². The van der Waals surface area contributed by atoms with E-state index in [-0.39, 0.29) is 0 Å². The van der Waals surface area contributed by atoms with Crippen LogP contribution in [0.5, 0.6) is 0 Å². The van der Waals surface area contributed by atoms with Gasteiger partial charge in [0, 0.05) is 5.69 Å². The Morgan fingerprint density at radius 1 is 1.50 bits per heavy atom. The molecule has 0 bridgehead atoms. The summed E-state index contributed by atoms with van der Waals surface area (Å²) < 4.78 is 5.06. The van der Waals surface area contributed by atoms with E-state index in [1.165, 1.54) is 0 Å². The van der Waals surface area contributed by atoms with E-state index in [0.29, 0.717) is 6.61 Å². The van der Waals surface area contributed by atoms with Gasteiger partial charge in [-0.1, -0.05) is 6.07 Å². The molecule has 0 radical (unpaired) electrons. The molecule has 0 aliphatic rings. The number of ether oxygens (including phenoxy) is 1. The van der Waals surface area contributed by atoms with Crippen molar-refractivity contribution in [1.29, 1.82) is 0 Å². The molecule has 1 heterocycles. The maximum absolute atomic E-state index is 5.06. The molecule has 0 aliphatic carbocycles. The average molecular weight is 163 g/mol. The van der Waals surface area contributed by atoms with Gasteiger partial charge in [0.05, 0.1) is 18.6 Å². The van der Waals surface area contributed by atoms with Crippen LogP contribution in [-0.4, -0.2) is 11.6 Å². The van der Waals surface area contributed by atoms with Gasteiger partial charge < -0.3 is 4.74 Å². The predicted molar refractivity (Wildman–Crippen MR) is 49.6 cm³/mol. The molecular weight excluding hydrogens is 150 g/mol. The Kier molecular flexibility index (Phi) is 3.33. The molecule has 0 amide bonds. The molecule has 1 rings (SSSR count). The third-order valence-electron chi connectivity index (χ3n) is 1.41. The van der Waals surface area contributed by atoms with Gasteiger partial charge in [-0.15, -0.1) is 0 Å². The number of aryl methyl sites for hydroxylation is 1. The van der Waals surface area contributed by atoms with E-state index in [9.17, 15) is 0 Å². The molecule has 2 heteroatoms. The predicted octanol–water partition coefficient (Wildman–Crippen LogP) is 2.40. The first-order valence-electron chi connectivity index (χ1n) is 4.04. The fraction of sp³-hybridized carbons (Fsp3) is 0.300. The molecule has 0 atom stereocenters. The minimum absolute atomic E-state index is 0.697. The number of aromatic nitrogens is 1. The van der Waals surface area contributed by atoms with E-state index in [2.05, 4.69) is 4.98 Å². The normalized spacial score (nSPS) is 10.5. The second-order valence-electron chi connectivity index (χ2n) is 2.46. The minimum atomic E-state index is 0.697. The number of pyridine rings is 1. The Balaban J connectivity index is 2.63. The van der Waals surface area contributed by atoms with Crippen molar-refractivity contribution in [3.8, 4) is 0 Å². The van der Waals surface area contributed by atoms with Gasteiger partial charge in [-0.05, 0) is 32.1 Å². The van der Waals surface area contributed by atoms with Crippen LogP contribution in [-0.2, 0) is 4.74 Å².